The minimum atomic E-state index is -1.19. The summed E-state index contributed by atoms with van der Waals surface area (Å²) in [5, 5.41) is 10.3. The van der Waals surface area contributed by atoms with Gasteiger partial charge < -0.3 is 13.9 Å². The maximum atomic E-state index is 14.1. The van der Waals surface area contributed by atoms with E-state index in [1.54, 1.807) is 31.4 Å². The van der Waals surface area contributed by atoms with Gasteiger partial charge in [0.25, 0.3) is 0 Å². The van der Waals surface area contributed by atoms with Crippen LogP contribution in [0.15, 0.2) is 71.3 Å². The normalized spacial score (nSPS) is 13.0. The first kappa shape index (κ1) is 30.0. The maximum Gasteiger partial charge on any atom is 0.310 e. The van der Waals surface area contributed by atoms with E-state index < -0.39 is 28.1 Å². The van der Waals surface area contributed by atoms with E-state index in [0.29, 0.717) is 22.5 Å². The van der Waals surface area contributed by atoms with Gasteiger partial charge in [-0.3, -0.25) is 13.4 Å². The molecule has 2 atom stereocenters. The summed E-state index contributed by atoms with van der Waals surface area (Å²) in [4.78, 5) is 12.1. The zero-order valence-electron chi connectivity index (χ0n) is 23.7. The van der Waals surface area contributed by atoms with Crippen LogP contribution in [-0.4, -0.2) is 34.0 Å². The highest BCUT2D eigenvalue weighted by molar-refractivity contribution is 7.86. The molecule has 0 saturated heterocycles. The van der Waals surface area contributed by atoms with Crippen LogP contribution in [0.1, 0.15) is 55.9 Å². The summed E-state index contributed by atoms with van der Waals surface area (Å²) in [6.45, 7) is 7.28. The molecular weight excluding hydrogens is 541 g/mol. The number of nitrogens with zero attached hydrogens (tertiary/aromatic N) is 1. The van der Waals surface area contributed by atoms with Crippen molar-refractivity contribution in [2.45, 2.75) is 51.4 Å². The van der Waals surface area contributed by atoms with Crippen LogP contribution in [-0.2, 0) is 33.4 Å². The molecule has 8 heteroatoms. The summed E-state index contributed by atoms with van der Waals surface area (Å²) in [5.74, 6) is -0.185. The number of hydrogen-bond acceptors (Lipinski definition) is 6. The SMILES string of the molecule is CCOC(=O)Cc1ccc(C#N)cc1OCc1cc(-c2cccc(C(CF)C[S@](=O)C(C)(C)C)c2)c2occc2c1. The van der Waals surface area contributed by atoms with Gasteiger partial charge in [0.15, 0.2) is 0 Å². The van der Waals surface area contributed by atoms with Gasteiger partial charge in [0.05, 0.1) is 37.6 Å². The monoisotopic (exact) mass is 575 g/mol. The molecule has 6 nitrogen and oxygen atoms in total. The van der Waals surface area contributed by atoms with Gasteiger partial charge in [0.2, 0.25) is 0 Å². The Balaban J connectivity index is 1.64. The molecule has 0 aliphatic carbocycles. The van der Waals surface area contributed by atoms with Crippen molar-refractivity contribution >= 4 is 27.7 Å². The number of alkyl halides is 1. The Kier molecular flexibility index (Phi) is 9.61. The van der Waals surface area contributed by atoms with E-state index in [0.717, 1.165) is 27.6 Å². The largest absolute Gasteiger partial charge is 0.489 e. The van der Waals surface area contributed by atoms with Crippen LogP contribution < -0.4 is 4.74 Å². The lowest BCUT2D eigenvalue weighted by Crippen LogP contribution is -2.27. The summed E-state index contributed by atoms with van der Waals surface area (Å²) >= 11 is 0. The van der Waals surface area contributed by atoms with Crippen molar-refractivity contribution in [3.63, 3.8) is 0 Å². The summed E-state index contributed by atoms with van der Waals surface area (Å²) in [7, 11) is -1.19. The molecule has 0 saturated carbocycles. The predicted octanol–water partition coefficient (Wildman–Crippen LogP) is 7.26. The Labute approximate surface area is 242 Å². The first-order chi connectivity index (χ1) is 19.6. The lowest BCUT2D eigenvalue weighted by Gasteiger charge is -2.22. The third kappa shape index (κ3) is 7.42. The van der Waals surface area contributed by atoms with Gasteiger partial charge in [0.1, 0.15) is 17.9 Å². The second kappa shape index (κ2) is 13.1. The highest BCUT2D eigenvalue weighted by Gasteiger charge is 2.25. The molecule has 1 heterocycles. The molecule has 41 heavy (non-hydrogen) atoms. The number of nitriles is 1. The van der Waals surface area contributed by atoms with Crippen LogP contribution in [0.25, 0.3) is 22.1 Å². The van der Waals surface area contributed by atoms with Gasteiger partial charge in [-0.15, -0.1) is 0 Å². The minimum Gasteiger partial charge on any atom is -0.489 e. The molecule has 1 aromatic heterocycles. The molecule has 3 aromatic carbocycles. The number of furan rings is 1. The average Bonchev–Trinajstić information content (AvgIpc) is 3.43. The molecule has 214 valence electrons. The number of benzene rings is 3. The van der Waals surface area contributed by atoms with E-state index in [1.807, 2.05) is 63.2 Å². The molecule has 0 aliphatic rings. The van der Waals surface area contributed by atoms with Crippen molar-refractivity contribution in [3.05, 3.63) is 89.2 Å². The number of rotatable bonds is 11. The summed E-state index contributed by atoms with van der Waals surface area (Å²) in [5.41, 5.74) is 5.03. The lowest BCUT2D eigenvalue weighted by molar-refractivity contribution is -0.142. The predicted molar refractivity (Wildman–Crippen MR) is 159 cm³/mol. The molecule has 1 unspecified atom stereocenters. The minimum absolute atomic E-state index is 0.0312. The van der Waals surface area contributed by atoms with Crippen molar-refractivity contribution in [1.29, 1.82) is 5.26 Å². The van der Waals surface area contributed by atoms with Gasteiger partial charge in [-0.2, -0.15) is 5.26 Å². The zero-order chi connectivity index (χ0) is 29.6. The first-order valence-electron chi connectivity index (χ1n) is 13.5. The standard InChI is InChI=1S/C33H34FNO5S/c1-5-38-31(36)17-26-10-9-22(19-35)15-30(26)40-20-23-13-27-11-12-39-32(27)29(14-23)25-8-6-7-24(16-25)28(18-34)21-41(37)33(2,3)4/h6-16,28H,5,17-18,20-21H2,1-4H3/t28?,41-/m0/s1. The van der Waals surface area contributed by atoms with E-state index in [4.69, 9.17) is 13.9 Å². The van der Waals surface area contributed by atoms with Gasteiger partial charge in [-0.25, -0.2) is 0 Å². The van der Waals surface area contributed by atoms with Crippen LogP contribution in [0.5, 0.6) is 5.75 Å². The smallest absolute Gasteiger partial charge is 0.310 e. The third-order valence-electron chi connectivity index (χ3n) is 6.73. The van der Waals surface area contributed by atoms with Crippen LogP contribution in [0.2, 0.25) is 0 Å². The molecule has 0 bridgehead atoms. The summed E-state index contributed by atoms with van der Waals surface area (Å²) in [6, 6.07) is 20.5. The average molecular weight is 576 g/mol. The van der Waals surface area contributed by atoms with Crippen LogP contribution in [0.4, 0.5) is 4.39 Å². The number of halogens is 1. The van der Waals surface area contributed by atoms with Gasteiger partial charge in [-0.1, -0.05) is 30.3 Å². The van der Waals surface area contributed by atoms with Crippen molar-refractivity contribution < 1.29 is 27.3 Å². The third-order valence-corrected chi connectivity index (χ3v) is 8.80. The Morgan fingerprint density at radius 3 is 2.63 bits per heavy atom. The Hall–Kier alpha value is -3.96. The van der Waals surface area contributed by atoms with Crippen molar-refractivity contribution in [3.8, 4) is 22.9 Å². The number of carbonyl (C=O) groups excluding carboxylic acids is 1. The summed E-state index contributed by atoms with van der Waals surface area (Å²) < 4.78 is 43.5. The maximum absolute atomic E-state index is 14.1. The van der Waals surface area contributed by atoms with Crippen LogP contribution in [0.3, 0.4) is 0 Å². The van der Waals surface area contributed by atoms with Crippen molar-refractivity contribution in [2.24, 2.45) is 0 Å². The number of carbonyl (C=O) groups is 1. The number of esters is 1. The van der Waals surface area contributed by atoms with Crippen molar-refractivity contribution in [1.82, 2.24) is 0 Å². The fourth-order valence-corrected chi connectivity index (χ4v) is 5.64. The van der Waals surface area contributed by atoms with E-state index in [-0.39, 0.29) is 31.4 Å². The van der Waals surface area contributed by atoms with Gasteiger partial charge >= 0.3 is 5.97 Å². The second-order valence-corrected chi connectivity index (χ2v) is 13.0. The summed E-state index contributed by atoms with van der Waals surface area (Å²) in [6.07, 6.45) is 1.65. The Morgan fingerprint density at radius 1 is 1.12 bits per heavy atom. The zero-order valence-corrected chi connectivity index (χ0v) is 24.6. The highest BCUT2D eigenvalue weighted by atomic mass is 32.2. The van der Waals surface area contributed by atoms with Crippen molar-refractivity contribution in [2.75, 3.05) is 19.0 Å². The Morgan fingerprint density at radius 2 is 1.93 bits per heavy atom. The number of ether oxygens (including phenoxy) is 2. The highest BCUT2D eigenvalue weighted by Crippen LogP contribution is 2.34. The molecule has 4 aromatic rings. The van der Waals surface area contributed by atoms with Gasteiger partial charge in [-0.05, 0) is 74.7 Å². The van der Waals surface area contributed by atoms with E-state index in [9.17, 15) is 18.7 Å². The molecule has 4 rings (SSSR count). The van der Waals surface area contributed by atoms with Crippen LogP contribution >= 0.6 is 0 Å². The molecule has 0 fully saturated rings. The fourth-order valence-electron chi connectivity index (χ4n) is 4.50. The van der Waals surface area contributed by atoms with E-state index in [2.05, 4.69) is 6.07 Å². The van der Waals surface area contributed by atoms with Gasteiger partial charge in [0, 0.05) is 43.7 Å². The molecule has 0 amide bonds. The molecule has 0 spiro atoms. The first-order valence-corrected chi connectivity index (χ1v) is 14.8. The topological polar surface area (TPSA) is 89.5 Å². The second-order valence-electron chi connectivity index (χ2n) is 10.8. The number of fused-ring (bicyclic) bond motifs is 1. The number of hydrogen-bond donors (Lipinski definition) is 0. The van der Waals surface area contributed by atoms with E-state index >= 15 is 0 Å². The quantitative estimate of drug-likeness (QED) is 0.175. The Bertz CT molecular complexity index is 1600. The van der Waals surface area contributed by atoms with E-state index in [1.165, 1.54) is 0 Å². The fraction of sp³-hybridized carbons (Fsp3) is 0.333. The molecular formula is C33H34FNO5S. The molecule has 0 N–H and O–H groups in total. The lowest BCUT2D eigenvalue weighted by atomic mass is 9.95. The molecule has 0 radical (unpaired) electrons. The van der Waals surface area contributed by atoms with Crippen LogP contribution in [0, 0.1) is 11.3 Å². The molecule has 0 aliphatic heterocycles.